The summed E-state index contributed by atoms with van der Waals surface area (Å²) in [6.45, 7) is 5.99. The number of urea groups is 1. The third-order valence-corrected chi connectivity index (χ3v) is 3.41. The molecular weight excluding hydrogens is 236 g/mol. The summed E-state index contributed by atoms with van der Waals surface area (Å²) >= 11 is 0. The smallest absolute Gasteiger partial charge is 0.328 e. The van der Waals surface area contributed by atoms with Crippen molar-refractivity contribution in [3.05, 3.63) is 0 Å². The van der Waals surface area contributed by atoms with Crippen molar-refractivity contribution >= 4 is 12.0 Å². The third-order valence-electron chi connectivity index (χ3n) is 3.41. The Kier molecular flexibility index (Phi) is 4.95. The Labute approximate surface area is 107 Å². The number of nitrogens with one attached hydrogen (secondary N) is 1. The zero-order valence-electron chi connectivity index (χ0n) is 11.1. The summed E-state index contributed by atoms with van der Waals surface area (Å²) in [5.41, 5.74) is 0. The van der Waals surface area contributed by atoms with Gasteiger partial charge in [0.2, 0.25) is 0 Å². The van der Waals surface area contributed by atoms with Gasteiger partial charge in [0.15, 0.2) is 6.04 Å². The number of aliphatic carboxylic acids is 1. The molecule has 1 heterocycles. The van der Waals surface area contributed by atoms with E-state index >= 15 is 0 Å². The Morgan fingerprint density at radius 3 is 2.44 bits per heavy atom. The molecule has 3 N–H and O–H groups in total. The highest BCUT2D eigenvalue weighted by Crippen LogP contribution is 2.21. The van der Waals surface area contributed by atoms with E-state index in [4.69, 9.17) is 5.11 Å². The van der Waals surface area contributed by atoms with Crippen LogP contribution >= 0.6 is 0 Å². The lowest BCUT2D eigenvalue weighted by Gasteiger charge is -2.37. The number of piperidine rings is 1. The Bertz CT molecular complexity index is 319. The molecule has 1 saturated heterocycles. The predicted molar refractivity (Wildman–Crippen MR) is 66.2 cm³/mol. The molecule has 1 fully saturated rings. The minimum absolute atomic E-state index is 0.102. The van der Waals surface area contributed by atoms with Crippen LogP contribution < -0.4 is 5.32 Å². The first kappa shape index (κ1) is 14.8. The molecule has 0 aliphatic carbocycles. The molecule has 4 unspecified atom stereocenters. The van der Waals surface area contributed by atoms with E-state index in [-0.39, 0.29) is 6.04 Å². The molecule has 0 saturated carbocycles. The number of carbonyl (C=O) groups excluding carboxylic acids is 1. The number of nitrogens with zero attached hydrogens (tertiary/aromatic N) is 1. The molecule has 0 radical (unpaired) electrons. The van der Waals surface area contributed by atoms with Gasteiger partial charge in [-0.1, -0.05) is 6.92 Å². The van der Waals surface area contributed by atoms with Crippen LogP contribution in [0.3, 0.4) is 0 Å². The number of aliphatic hydroxyl groups is 1. The largest absolute Gasteiger partial charge is 0.480 e. The fraction of sp³-hybridized carbons (Fsp3) is 0.833. The van der Waals surface area contributed by atoms with E-state index in [0.29, 0.717) is 12.5 Å². The van der Waals surface area contributed by atoms with E-state index in [1.54, 1.807) is 4.90 Å². The van der Waals surface area contributed by atoms with Gasteiger partial charge >= 0.3 is 12.0 Å². The van der Waals surface area contributed by atoms with E-state index in [9.17, 15) is 14.7 Å². The number of hydrogen-bond acceptors (Lipinski definition) is 3. The van der Waals surface area contributed by atoms with Crippen LogP contribution in [0.5, 0.6) is 0 Å². The van der Waals surface area contributed by atoms with Crippen molar-refractivity contribution in [1.82, 2.24) is 10.2 Å². The number of carbonyl (C=O) groups is 2. The van der Waals surface area contributed by atoms with E-state index in [1.165, 1.54) is 6.92 Å². The summed E-state index contributed by atoms with van der Waals surface area (Å²) in [6.07, 6.45) is 0.869. The molecule has 4 atom stereocenters. The van der Waals surface area contributed by atoms with Crippen LogP contribution in [-0.2, 0) is 4.79 Å². The average molecular weight is 258 g/mol. The molecule has 6 nitrogen and oxygen atoms in total. The molecule has 2 amide bonds. The lowest BCUT2D eigenvalue weighted by molar-refractivity contribution is -0.141. The second kappa shape index (κ2) is 6.04. The van der Waals surface area contributed by atoms with Crippen molar-refractivity contribution in [2.45, 2.75) is 51.8 Å². The van der Waals surface area contributed by atoms with Crippen LogP contribution in [0.4, 0.5) is 4.79 Å². The van der Waals surface area contributed by atoms with Gasteiger partial charge in [0, 0.05) is 12.6 Å². The van der Waals surface area contributed by atoms with E-state index in [1.807, 2.05) is 6.92 Å². The second-order valence-corrected chi connectivity index (χ2v) is 5.19. The Morgan fingerprint density at radius 2 is 1.94 bits per heavy atom. The summed E-state index contributed by atoms with van der Waals surface area (Å²) in [5.74, 6) is -0.808. The predicted octanol–water partition coefficient (Wildman–Crippen LogP) is 0.650. The number of hydrogen-bond donors (Lipinski definition) is 3. The van der Waals surface area contributed by atoms with Crippen LogP contribution in [0, 0.1) is 5.92 Å². The number of rotatable bonds is 3. The maximum Gasteiger partial charge on any atom is 0.328 e. The molecule has 6 heteroatoms. The quantitative estimate of drug-likeness (QED) is 0.693. The topological polar surface area (TPSA) is 89.9 Å². The molecule has 104 valence electrons. The van der Waals surface area contributed by atoms with Gasteiger partial charge in [-0.3, -0.25) is 0 Å². The number of likely N-dealkylation sites (tertiary alicyclic amines) is 1. The summed E-state index contributed by atoms with van der Waals surface area (Å²) in [4.78, 5) is 24.6. The highest BCUT2D eigenvalue weighted by Gasteiger charge is 2.31. The van der Waals surface area contributed by atoms with Crippen LogP contribution in [0.2, 0.25) is 0 Å². The van der Waals surface area contributed by atoms with Crippen LogP contribution in [0.1, 0.15) is 33.6 Å². The highest BCUT2D eigenvalue weighted by atomic mass is 16.4. The average Bonchev–Trinajstić information content (AvgIpc) is 2.28. The van der Waals surface area contributed by atoms with Crippen molar-refractivity contribution in [3.63, 3.8) is 0 Å². The van der Waals surface area contributed by atoms with Gasteiger partial charge in [0.1, 0.15) is 0 Å². The van der Waals surface area contributed by atoms with Gasteiger partial charge in [0.05, 0.1) is 6.10 Å². The molecule has 1 rings (SSSR count). The first-order valence-electron chi connectivity index (χ1n) is 6.31. The van der Waals surface area contributed by atoms with E-state index in [2.05, 4.69) is 12.2 Å². The van der Waals surface area contributed by atoms with Gasteiger partial charge < -0.3 is 20.4 Å². The molecule has 0 bridgehead atoms. The van der Waals surface area contributed by atoms with Crippen molar-refractivity contribution < 1.29 is 19.8 Å². The standard InChI is InChI=1S/C12H22N2O4/c1-7-4-5-8(2)14(6-7)12(18)13-10(9(3)15)11(16)17/h7-10,15H,4-6H2,1-3H3,(H,13,18)(H,16,17). The zero-order chi connectivity index (χ0) is 13.9. The fourth-order valence-electron chi connectivity index (χ4n) is 2.18. The first-order valence-corrected chi connectivity index (χ1v) is 6.31. The summed E-state index contributed by atoms with van der Waals surface area (Å²) < 4.78 is 0. The maximum absolute atomic E-state index is 12.0. The maximum atomic E-state index is 12.0. The van der Waals surface area contributed by atoms with Crippen LogP contribution in [0.15, 0.2) is 0 Å². The molecular formula is C12H22N2O4. The van der Waals surface area contributed by atoms with Crippen molar-refractivity contribution in [1.29, 1.82) is 0 Å². The lowest BCUT2D eigenvalue weighted by atomic mass is 9.95. The number of amides is 2. The van der Waals surface area contributed by atoms with E-state index in [0.717, 1.165) is 12.8 Å². The lowest BCUT2D eigenvalue weighted by Crippen LogP contribution is -2.56. The fourth-order valence-corrected chi connectivity index (χ4v) is 2.18. The van der Waals surface area contributed by atoms with Gasteiger partial charge in [-0.05, 0) is 32.6 Å². The molecule has 0 spiro atoms. The molecule has 18 heavy (non-hydrogen) atoms. The van der Waals surface area contributed by atoms with Gasteiger partial charge in [-0.2, -0.15) is 0 Å². The normalized spacial score (nSPS) is 27.4. The van der Waals surface area contributed by atoms with Crippen molar-refractivity contribution in [2.75, 3.05) is 6.54 Å². The van der Waals surface area contributed by atoms with Crippen molar-refractivity contribution in [2.24, 2.45) is 5.92 Å². The van der Waals surface area contributed by atoms with Crippen molar-refractivity contribution in [3.8, 4) is 0 Å². The minimum Gasteiger partial charge on any atom is -0.480 e. The monoisotopic (exact) mass is 258 g/mol. The number of carboxylic acids is 1. The Morgan fingerprint density at radius 1 is 1.33 bits per heavy atom. The molecule has 0 aromatic rings. The Hall–Kier alpha value is -1.30. The Balaban J connectivity index is 2.65. The molecule has 1 aliphatic rings. The summed E-state index contributed by atoms with van der Waals surface area (Å²) in [5, 5.41) is 20.6. The van der Waals surface area contributed by atoms with Crippen LogP contribution in [0.25, 0.3) is 0 Å². The highest BCUT2D eigenvalue weighted by molar-refractivity contribution is 5.83. The van der Waals surface area contributed by atoms with Gasteiger partial charge in [-0.25, -0.2) is 9.59 Å². The third kappa shape index (κ3) is 3.60. The second-order valence-electron chi connectivity index (χ2n) is 5.19. The molecule has 0 aromatic heterocycles. The zero-order valence-corrected chi connectivity index (χ0v) is 11.1. The number of carboxylic acid groups (broad SMARTS) is 1. The van der Waals surface area contributed by atoms with Crippen LogP contribution in [-0.4, -0.2) is 51.8 Å². The number of aliphatic hydroxyl groups excluding tert-OH is 1. The van der Waals surface area contributed by atoms with E-state index < -0.39 is 24.1 Å². The SMILES string of the molecule is CC1CCC(C)N(C(=O)NC(C(=O)O)C(C)O)C1. The first-order chi connectivity index (χ1) is 8.32. The molecule has 1 aliphatic heterocycles. The van der Waals surface area contributed by atoms with Gasteiger partial charge in [0.25, 0.3) is 0 Å². The minimum atomic E-state index is -1.26. The summed E-state index contributed by atoms with van der Waals surface area (Å²) in [6, 6.07) is -1.58. The molecule has 0 aromatic carbocycles. The summed E-state index contributed by atoms with van der Waals surface area (Å²) in [7, 11) is 0. The van der Waals surface area contributed by atoms with Gasteiger partial charge in [-0.15, -0.1) is 0 Å².